The van der Waals surface area contributed by atoms with Crippen LogP contribution in [-0.4, -0.2) is 7.11 Å². The average Bonchev–Trinajstić information content (AvgIpc) is 2.41. The standard InChI is InChI=1S/C14H15ClN2O.ClH/c1-18-14-4-2-3-13(9-14)17(16)10-11-5-7-12(15)8-6-11;/h2-9H,10,16H2,1H3;1H. The predicted molar refractivity (Wildman–Crippen MR) is 82.1 cm³/mol. The summed E-state index contributed by atoms with van der Waals surface area (Å²) in [6.07, 6.45) is 0. The van der Waals surface area contributed by atoms with E-state index >= 15 is 0 Å². The Morgan fingerprint density at radius 3 is 2.47 bits per heavy atom. The minimum absolute atomic E-state index is 0. The van der Waals surface area contributed by atoms with Crippen LogP contribution < -0.4 is 15.6 Å². The molecule has 2 aromatic carbocycles. The molecule has 0 unspecified atom stereocenters. The van der Waals surface area contributed by atoms with Crippen LogP contribution in [0, 0.1) is 0 Å². The van der Waals surface area contributed by atoms with Gasteiger partial charge in [0.25, 0.3) is 0 Å². The molecule has 0 bridgehead atoms. The first-order chi connectivity index (χ1) is 8.69. The third kappa shape index (κ3) is 4.31. The summed E-state index contributed by atoms with van der Waals surface area (Å²) in [7, 11) is 1.64. The molecular weight excluding hydrogens is 283 g/mol. The molecule has 0 heterocycles. The predicted octanol–water partition coefficient (Wildman–Crippen LogP) is 3.65. The summed E-state index contributed by atoms with van der Waals surface area (Å²) in [5, 5.41) is 2.40. The first kappa shape index (κ1) is 15.6. The maximum absolute atomic E-state index is 6.03. The quantitative estimate of drug-likeness (QED) is 0.692. The topological polar surface area (TPSA) is 38.5 Å². The average molecular weight is 299 g/mol. The molecule has 2 aromatic rings. The van der Waals surface area contributed by atoms with Gasteiger partial charge in [-0.2, -0.15) is 0 Å². The van der Waals surface area contributed by atoms with Crippen molar-refractivity contribution in [3.05, 3.63) is 59.1 Å². The van der Waals surface area contributed by atoms with Crippen molar-refractivity contribution in [2.75, 3.05) is 12.1 Å². The third-order valence-electron chi connectivity index (χ3n) is 2.65. The number of halogens is 2. The van der Waals surface area contributed by atoms with Crippen LogP contribution in [0.2, 0.25) is 5.02 Å². The van der Waals surface area contributed by atoms with Gasteiger partial charge >= 0.3 is 0 Å². The molecule has 0 atom stereocenters. The van der Waals surface area contributed by atoms with Crippen LogP contribution in [0.4, 0.5) is 5.69 Å². The number of ether oxygens (including phenoxy) is 1. The van der Waals surface area contributed by atoms with Crippen LogP contribution in [0.15, 0.2) is 48.5 Å². The maximum atomic E-state index is 6.03. The number of anilines is 1. The van der Waals surface area contributed by atoms with Crippen LogP contribution in [-0.2, 0) is 6.54 Å². The minimum Gasteiger partial charge on any atom is -0.497 e. The van der Waals surface area contributed by atoms with Crippen molar-refractivity contribution < 1.29 is 4.74 Å². The number of hydrogen-bond donors (Lipinski definition) is 1. The van der Waals surface area contributed by atoms with E-state index in [2.05, 4.69) is 0 Å². The van der Waals surface area contributed by atoms with Gasteiger partial charge in [-0.15, -0.1) is 12.4 Å². The van der Waals surface area contributed by atoms with Gasteiger partial charge in [0, 0.05) is 11.1 Å². The molecule has 3 nitrogen and oxygen atoms in total. The molecule has 0 saturated heterocycles. The van der Waals surface area contributed by atoms with E-state index in [4.69, 9.17) is 22.2 Å². The van der Waals surface area contributed by atoms with E-state index in [1.807, 2.05) is 48.5 Å². The molecule has 0 saturated carbocycles. The zero-order valence-corrected chi connectivity index (χ0v) is 12.1. The van der Waals surface area contributed by atoms with Gasteiger partial charge < -0.3 is 9.75 Å². The van der Waals surface area contributed by atoms with Gasteiger partial charge in [0.15, 0.2) is 0 Å². The number of hydrazine groups is 1. The van der Waals surface area contributed by atoms with E-state index < -0.39 is 0 Å². The Bertz CT molecular complexity index is 517. The Balaban J connectivity index is 0.00000180. The van der Waals surface area contributed by atoms with E-state index in [0.29, 0.717) is 6.54 Å². The van der Waals surface area contributed by atoms with Crippen molar-refractivity contribution in [1.29, 1.82) is 0 Å². The van der Waals surface area contributed by atoms with Crippen molar-refractivity contribution >= 4 is 29.7 Å². The Labute approximate surface area is 124 Å². The second-order valence-corrected chi connectivity index (χ2v) is 4.39. The highest BCUT2D eigenvalue weighted by molar-refractivity contribution is 6.30. The summed E-state index contributed by atoms with van der Waals surface area (Å²) in [6.45, 7) is 0.615. The molecule has 102 valence electrons. The number of hydrogen-bond acceptors (Lipinski definition) is 3. The summed E-state index contributed by atoms with van der Waals surface area (Å²) in [6, 6.07) is 15.3. The van der Waals surface area contributed by atoms with Crippen LogP contribution in [0.1, 0.15) is 5.56 Å². The number of nitrogens with two attached hydrogens (primary N) is 1. The monoisotopic (exact) mass is 298 g/mol. The van der Waals surface area contributed by atoms with Gasteiger partial charge in [-0.1, -0.05) is 29.8 Å². The lowest BCUT2D eigenvalue weighted by molar-refractivity contribution is 0.415. The highest BCUT2D eigenvalue weighted by Crippen LogP contribution is 2.20. The Kier molecular flexibility index (Phi) is 5.96. The molecule has 0 fully saturated rings. The lowest BCUT2D eigenvalue weighted by atomic mass is 10.2. The van der Waals surface area contributed by atoms with Gasteiger partial charge in [-0.05, 0) is 29.8 Å². The summed E-state index contributed by atoms with van der Waals surface area (Å²) >= 11 is 5.84. The highest BCUT2D eigenvalue weighted by atomic mass is 35.5. The molecule has 0 amide bonds. The molecule has 0 aliphatic heterocycles. The summed E-state index contributed by atoms with van der Waals surface area (Å²) in [5.74, 6) is 6.82. The fourth-order valence-electron chi connectivity index (χ4n) is 1.67. The van der Waals surface area contributed by atoms with E-state index in [1.165, 1.54) is 0 Å². The number of benzene rings is 2. The fraction of sp³-hybridized carbons (Fsp3) is 0.143. The lowest BCUT2D eigenvalue weighted by Crippen LogP contribution is -2.29. The molecular formula is C14H16Cl2N2O. The largest absolute Gasteiger partial charge is 0.497 e. The Morgan fingerprint density at radius 1 is 1.16 bits per heavy atom. The molecule has 2 rings (SSSR count). The van der Waals surface area contributed by atoms with E-state index in [-0.39, 0.29) is 12.4 Å². The SMILES string of the molecule is COc1cccc(N(N)Cc2ccc(Cl)cc2)c1.Cl. The molecule has 0 aliphatic rings. The van der Waals surface area contributed by atoms with Crippen molar-refractivity contribution in [3.8, 4) is 5.75 Å². The van der Waals surface area contributed by atoms with Crippen molar-refractivity contribution in [3.63, 3.8) is 0 Å². The first-order valence-electron chi connectivity index (χ1n) is 5.60. The first-order valence-corrected chi connectivity index (χ1v) is 5.97. The van der Waals surface area contributed by atoms with Gasteiger partial charge in [-0.25, -0.2) is 5.84 Å². The number of rotatable bonds is 4. The molecule has 0 aromatic heterocycles. The number of nitrogens with zero attached hydrogens (tertiary/aromatic N) is 1. The zero-order chi connectivity index (χ0) is 13.0. The number of methoxy groups -OCH3 is 1. The van der Waals surface area contributed by atoms with Crippen LogP contribution in [0.3, 0.4) is 0 Å². The van der Waals surface area contributed by atoms with Gasteiger partial charge in [0.2, 0.25) is 0 Å². The van der Waals surface area contributed by atoms with Gasteiger partial charge in [0.1, 0.15) is 5.75 Å². The van der Waals surface area contributed by atoms with E-state index in [9.17, 15) is 0 Å². The van der Waals surface area contributed by atoms with Crippen LogP contribution >= 0.6 is 24.0 Å². The normalized spacial score (nSPS) is 9.63. The van der Waals surface area contributed by atoms with E-state index in [1.54, 1.807) is 12.1 Å². The zero-order valence-electron chi connectivity index (χ0n) is 10.5. The molecule has 5 heteroatoms. The minimum atomic E-state index is 0. The molecule has 0 aliphatic carbocycles. The van der Waals surface area contributed by atoms with Crippen LogP contribution in [0.25, 0.3) is 0 Å². The molecule has 0 spiro atoms. The van der Waals surface area contributed by atoms with Crippen molar-refractivity contribution in [2.24, 2.45) is 5.84 Å². The van der Waals surface area contributed by atoms with Gasteiger partial charge in [-0.3, -0.25) is 0 Å². The molecule has 2 N–H and O–H groups in total. The molecule has 19 heavy (non-hydrogen) atoms. The van der Waals surface area contributed by atoms with E-state index in [0.717, 1.165) is 22.0 Å². The molecule has 0 radical (unpaired) electrons. The lowest BCUT2D eigenvalue weighted by Gasteiger charge is -2.19. The van der Waals surface area contributed by atoms with Gasteiger partial charge in [0.05, 0.1) is 19.3 Å². The second kappa shape index (κ2) is 7.24. The fourth-order valence-corrected chi connectivity index (χ4v) is 1.79. The summed E-state index contributed by atoms with van der Waals surface area (Å²) < 4.78 is 5.17. The third-order valence-corrected chi connectivity index (χ3v) is 2.90. The summed E-state index contributed by atoms with van der Waals surface area (Å²) in [5.41, 5.74) is 2.01. The smallest absolute Gasteiger partial charge is 0.120 e. The van der Waals surface area contributed by atoms with Crippen LogP contribution in [0.5, 0.6) is 5.75 Å². The van der Waals surface area contributed by atoms with Crippen molar-refractivity contribution in [2.45, 2.75) is 6.54 Å². The maximum Gasteiger partial charge on any atom is 0.120 e. The Morgan fingerprint density at radius 2 is 1.84 bits per heavy atom. The van der Waals surface area contributed by atoms with Crippen molar-refractivity contribution in [1.82, 2.24) is 0 Å². The summed E-state index contributed by atoms with van der Waals surface area (Å²) in [4.78, 5) is 0. The highest BCUT2D eigenvalue weighted by Gasteiger charge is 2.04. The second-order valence-electron chi connectivity index (χ2n) is 3.96. The Hall–Kier alpha value is -1.42.